The molecule has 0 amide bonds. The van der Waals surface area contributed by atoms with E-state index in [2.05, 4.69) is 42.1 Å². The Morgan fingerprint density at radius 3 is 2.48 bits per heavy atom. The molecule has 0 heterocycles. The summed E-state index contributed by atoms with van der Waals surface area (Å²) in [7, 11) is 3.29. The van der Waals surface area contributed by atoms with Crippen LogP contribution in [0.25, 0.3) is 0 Å². The van der Waals surface area contributed by atoms with Gasteiger partial charge in [0.2, 0.25) is 0 Å². The second kappa shape index (κ2) is 9.08. The number of benzene rings is 1. The van der Waals surface area contributed by atoms with Gasteiger partial charge in [-0.25, -0.2) is 0 Å². The molecular weight excluding hydrogens is 290 g/mol. The molecule has 0 radical (unpaired) electrons. The topological polar surface area (TPSA) is 54.9 Å². The summed E-state index contributed by atoms with van der Waals surface area (Å²) in [6.45, 7) is 12.2. The molecule has 128 valence electrons. The van der Waals surface area contributed by atoms with Crippen LogP contribution in [0.15, 0.2) is 35.8 Å². The van der Waals surface area contributed by atoms with E-state index >= 15 is 0 Å². The Balaban J connectivity index is 2.94. The Hall–Kier alpha value is -2.17. The number of ether oxygens (including phenoxy) is 2. The summed E-state index contributed by atoms with van der Waals surface area (Å²) in [4.78, 5) is 4.67. The first-order chi connectivity index (χ1) is 11.0. The number of aliphatic imine (C=N–C) groups is 1. The van der Waals surface area contributed by atoms with Crippen LogP contribution >= 0.6 is 0 Å². The molecule has 0 aliphatic heterocycles. The maximum atomic E-state index is 5.39. The van der Waals surface area contributed by atoms with Gasteiger partial charge < -0.3 is 20.1 Å². The summed E-state index contributed by atoms with van der Waals surface area (Å²) in [5, 5.41) is 6.44. The van der Waals surface area contributed by atoms with E-state index < -0.39 is 0 Å². The van der Waals surface area contributed by atoms with Gasteiger partial charge in [0, 0.05) is 18.5 Å². The summed E-state index contributed by atoms with van der Waals surface area (Å²) in [6, 6.07) is 6.00. The molecule has 0 saturated carbocycles. The molecule has 0 fully saturated rings. The van der Waals surface area contributed by atoms with Crippen molar-refractivity contribution >= 4 is 5.96 Å². The van der Waals surface area contributed by atoms with Gasteiger partial charge in [0.25, 0.3) is 0 Å². The lowest BCUT2D eigenvalue weighted by Gasteiger charge is -2.25. The highest BCUT2D eigenvalue weighted by Crippen LogP contribution is 2.33. The van der Waals surface area contributed by atoms with Gasteiger partial charge in [0.1, 0.15) is 0 Å². The van der Waals surface area contributed by atoms with E-state index in [1.165, 1.54) is 0 Å². The Labute approximate surface area is 139 Å². The summed E-state index contributed by atoms with van der Waals surface area (Å²) in [5.74, 6) is 2.26. The van der Waals surface area contributed by atoms with Crippen molar-refractivity contribution in [2.45, 2.75) is 26.2 Å². The van der Waals surface area contributed by atoms with E-state index in [4.69, 9.17) is 9.47 Å². The third kappa shape index (κ3) is 5.51. The van der Waals surface area contributed by atoms with Crippen molar-refractivity contribution in [2.75, 3.05) is 33.9 Å². The quantitative estimate of drug-likeness (QED) is 0.439. The van der Waals surface area contributed by atoms with Crippen LogP contribution in [0, 0.1) is 0 Å². The number of hydrogen-bond donors (Lipinski definition) is 2. The largest absolute Gasteiger partial charge is 0.493 e. The molecular formula is C18H29N3O2. The molecule has 0 saturated heterocycles. The number of hydrogen-bond acceptors (Lipinski definition) is 3. The van der Waals surface area contributed by atoms with E-state index in [0.717, 1.165) is 29.6 Å². The zero-order valence-electron chi connectivity index (χ0n) is 14.9. The fraction of sp³-hybridized carbons (Fsp3) is 0.500. The summed E-state index contributed by atoms with van der Waals surface area (Å²) in [6.07, 6.45) is 1.81. The number of rotatable bonds is 8. The third-order valence-corrected chi connectivity index (χ3v) is 3.56. The fourth-order valence-corrected chi connectivity index (χ4v) is 2.14. The van der Waals surface area contributed by atoms with Crippen molar-refractivity contribution in [1.29, 1.82) is 0 Å². The van der Waals surface area contributed by atoms with E-state index in [-0.39, 0.29) is 5.41 Å². The zero-order chi connectivity index (χ0) is 17.3. The lowest BCUT2D eigenvalue weighted by atomic mass is 9.84. The first-order valence-corrected chi connectivity index (χ1v) is 7.84. The number of nitrogens with zero attached hydrogens (tertiary/aromatic N) is 1. The van der Waals surface area contributed by atoms with Gasteiger partial charge in [-0.05, 0) is 24.6 Å². The number of methoxy groups -OCH3 is 2. The smallest absolute Gasteiger partial charge is 0.191 e. The van der Waals surface area contributed by atoms with Crippen molar-refractivity contribution in [3.63, 3.8) is 0 Å². The molecule has 1 aromatic carbocycles. The lowest BCUT2D eigenvalue weighted by molar-refractivity contribution is 0.353. The zero-order valence-corrected chi connectivity index (χ0v) is 14.9. The van der Waals surface area contributed by atoms with Crippen LogP contribution in [-0.4, -0.2) is 39.8 Å². The first-order valence-electron chi connectivity index (χ1n) is 7.84. The van der Waals surface area contributed by atoms with Gasteiger partial charge in [0.15, 0.2) is 17.5 Å². The maximum absolute atomic E-state index is 5.39. The van der Waals surface area contributed by atoms with Crippen LogP contribution in [0.1, 0.15) is 26.3 Å². The van der Waals surface area contributed by atoms with Crippen molar-refractivity contribution < 1.29 is 9.47 Å². The molecule has 2 N–H and O–H groups in total. The number of guanidine groups is 1. The normalized spacial score (nSPS) is 11.8. The van der Waals surface area contributed by atoms with Gasteiger partial charge in [-0.2, -0.15) is 0 Å². The van der Waals surface area contributed by atoms with E-state index in [9.17, 15) is 0 Å². The summed E-state index contributed by atoms with van der Waals surface area (Å²) >= 11 is 0. The Morgan fingerprint density at radius 1 is 1.22 bits per heavy atom. The minimum Gasteiger partial charge on any atom is -0.493 e. The van der Waals surface area contributed by atoms with Crippen LogP contribution in [0.5, 0.6) is 11.5 Å². The highest BCUT2D eigenvalue weighted by atomic mass is 16.5. The Morgan fingerprint density at radius 2 is 1.91 bits per heavy atom. The van der Waals surface area contributed by atoms with Crippen LogP contribution in [0.4, 0.5) is 0 Å². The molecule has 5 nitrogen and oxygen atoms in total. The van der Waals surface area contributed by atoms with Gasteiger partial charge in [-0.1, -0.05) is 26.0 Å². The fourth-order valence-electron chi connectivity index (χ4n) is 2.14. The summed E-state index contributed by atoms with van der Waals surface area (Å²) < 4.78 is 10.7. The third-order valence-electron chi connectivity index (χ3n) is 3.56. The minimum atomic E-state index is -0.129. The average Bonchev–Trinajstić information content (AvgIpc) is 2.56. The van der Waals surface area contributed by atoms with Crippen molar-refractivity contribution in [2.24, 2.45) is 4.99 Å². The Bertz CT molecular complexity index is 539. The highest BCUT2D eigenvalue weighted by Gasteiger charge is 2.22. The van der Waals surface area contributed by atoms with Crippen LogP contribution in [-0.2, 0) is 5.41 Å². The Kier molecular flexibility index (Phi) is 7.45. The van der Waals surface area contributed by atoms with Crippen molar-refractivity contribution in [3.8, 4) is 11.5 Å². The van der Waals surface area contributed by atoms with Gasteiger partial charge >= 0.3 is 0 Å². The second-order valence-corrected chi connectivity index (χ2v) is 5.82. The minimum absolute atomic E-state index is 0.129. The maximum Gasteiger partial charge on any atom is 0.191 e. The molecule has 0 atom stereocenters. The molecule has 0 spiro atoms. The van der Waals surface area contributed by atoms with Gasteiger partial charge in [-0.15, -0.1) is 6.58 Å². The molecule has 0 aliphatic carbocycles. The molecule has 1 rings (SSSR count). The predicted molar refractivity (Wildman–Crippen MR) is 96.8 cm³/mol. The molecule has 0 unspecified atom stereocenters. The molecule has 0 bridgehead atoms. The van der Waals surface area contributed by atoms with Crippen LogP contribution in [0.2, 0.25) is 0 Å². The first kappa shape index (κ1) is 18.9. The number of nitrogens with one attached hydrogen (secondary N) is 2. The molecule has 0 aromatic heterocycles. The van der Waals surface area contributed by atoms with Crippen LogP contribution < -0.4 is 20.1 Å². The lowest BCUT2D eigenvalue weighted by Crippen LogP contribution is -2.38. The highest BCUT2D eigenvalue weighted by molar-refractivity contribution is 5.79. The standard InChI is InChI=1S/C18H29N3O2/c1-7-11-20-17(19-8-2)21-13-18(3,4)14-9-10-15(22-5)16(12-14)23-6/h7,9-10,12H,1,8,11,13H2,2-6H3,(H2,19,20,21). The molecule has 5 heteroatoms. The predicted octanol–water partition coefficient (Wildman–Crippen LogP) is 2.72. The second-order valence-electron chi connectivity index (χ2n) is 5.82. The van der Waals surface area contributed by atoms with E-state index in [1.54, 1.807) is 14.2 Å². The van der Waals surface area contributed by atoms with E-state index in [0.29, 0.717) is 13.1 Å². The van der Waals surface area contributed by atoms with Crippen molar-refractivity contribution in [1.82, 2.24) is 10.6 Å². The SMILES string of the molecule is C=CCNC(=NCC(C)(C)c1ccc(OC)c(OC)c1)NCC. The molecule has 1 aromatic rings. The van der Waals surface area contributed by atoms with E-state index in [1.807, 2.05) is 25.1 Å². The average molecular weight is 319 g/mol. The van der Waals surface area contributed by atoms with Gasteiger partial charge in [-0.3, -0.25) is 4.99 Å². The molecule has 0 aliphatic rings. The summed E-state index contributed by atoms with van der Waals surface area (Å²) in [5.41, 5.74) is 1.02. The van der Waals surface area contributed by atoms with Gasteiger partial charge in [0.05, 0.1) is 20.8 Å². The van der Waals surface area contributed by atoms with Crippen LogP contribution in [0.3, 0.4) is 0 Å². The molecule has 23 heavy (non-hydrogen) atoms. The monoisotopic (exact) mass is 319 g/mol. The van der Waals surface area contributed by atoms with Crippen molar-refractivity contribution in [3.05, 3.63) is 36.4 Å².